The summed E-state index contributed by atoms with van der Waals surface area (Å²) in [7, 11) is 0. The van der Waals surface area contributed by atoms with Gasteiger partial charge in [0.25, 0.3) is 11.1 Å². The van der Waals surface area contributed by atoms with Gasteiger partial charge in [-0.2, -0.15) is 0 Å². The first-order valence-electron chi connectivity index (χ1n) is 12.2. The number of carbonyl (C=O) groups excluding carboxylic acids is 3. The highest BCUT2D eigenvalue weighted by molar-refractivity contribution is 8.18. The molecule has 190 valence electrons. The van der Waals surface area contributed by atoms with E-state index in [1.54, 1.807) is 18.2 Å². The Morgan fingerprint density at radius 1 is 1.22 bits per heavy atom. The minimum absolute atomic E-state index is 0.0229. The van der Waals surface area contributed by atoms with E-state index in [-0.39, 0.29) is 17.0 Å². The minimum atomic E-state index is -0.486. The third kappa shape index (κ3) is 5.32. The molecule has 2 aromatic carbocycles. The number of imide groups is 1. The number of hydrogen-bond acceptors (Lipinski definition) is 5. The van der Waals surface area contributed by atoms with Crippen LogP contribution in [-0.2, 0) is 9.59 Å². The van der Waals surface area contributed by atoms with Gasteiger partial charge in [0.1, 0.15) is 6.54 Å². The Bertz CT molecular complexity index is 1240. The Balaban J connectivity index is 1.55. The maximum atomic E-state index is 13.0. The SMILES string of the molecule is CCCN1c2cc(Cl)c(/C=C3/SC(=O)N(CC(=O)Nc4ccc(C)cc4)C3=O)cc2C(C)CC1(C)C. The Morgan fingerprint density at radius 2 is 1.92 bits per heavy atom. The molecule has 1 atom stereocenters. The molecule has 0 saturated carbocycles. The zero-order valence-electron chi connectivity index (χ0n) is 21.4. The van der Waals surface area contributed by atoms with Gasteiger partial charge in [0.2, 0.25) is 5.91 Å². The topological polar surface area (TPSA) is 69.7 Å². The molecule has 6 nitrogen and oxygen atoms in total. The smallest absolute Gasteiger partial charge is 0.294 e. The van der Waals surface area contributed by atoms with Crippen LogP contribution in [0.3, 0.4) is 0 Å². The molecule has 2 aliphatic rings. The summed E-state index contributed by atoms with van der Waals surface area (Å²) >= 11 is 7.53. The maximum absolute atomic E-state index is 13.0. The second-order valence-corrected chi connectivity index (χ2v) is 11.6. The van der Waals surface area contributed by atoms with Gasteiger partial charge in [-0.25, -0.2) is 0 Å². The lowest BCUT2D eigenvalue weighted by Gasteiger charge is -2.47. The van der Waals surface area contributed by atoms with Crippen LogP contribution in [0.1, 0.15) is 63.1 Å². The van der Waals surface area contributed by atoms with Gasteiger partial charge in [-0.3, -0.25) is 19.3 Å². The van der Waals surface area contributed by atoms with Gasteiger partial charge in [-0.1, -0.05) is 43.1 Å². The second-order valence-electron chi connectivity index (χ2n) is 10.2. The summed E-state index contributed by atoms with van der Waals surface area (Å²) in [6, 6.07) is 11.3. The van der Waals surface area contributed by atoms with Gasteiger partial charge >= 0.3 is 0 Å². The summed E-state index contributed by atoms with van der Waals surface area (Å²) in [5.74, 6) is -0.589. The lowest BCUT2D eigenvalue weighted by Crippen LogP contribution is -2.48. The fourth-order valence-corrected chi connectivity index (χ4v) is 6.08. The molecule has 4 rings (SSSR count). The lowest BCUT2D eigenvalue weighted by molar-refractivity contribution is -0.127. The molecular formula is C28H32ClN3O3S. The molecule has 8 heteroatoms. The number of fused-ring (bicyclic) bond motifs is 1. The molecule has 0 aromatic heterocycles. The number of nitrogens with zero attached hydrogens (tertiary/aromatic N) is 2. The standard InChI is InChI=1S/C28H32ClN3O3S/c1-6-11-32-23-14-22(29)19(12-21(23)18(3)15-28(32,4)5)13-24-26(34)31(27(35)36-24)16-25(33)30-20-9-7-17(2)8-10-20/h7-10,12-14,18H,6,11,15-16H2,1-5H3,(H,30,33)/b24-13+. The minimum Gasteiger partial charge on any atom is -0.366 e. The van der Waals surface area contributed by atoms with Crippen LogP contribution in [-0.4, -0.2) is 40.6 Å². The van der Waals surface area contributed by atoms with Crippen molar-refractivity contribution in [1.29, 1.82) is 0 Å². The van der Waals surface area contributed by atoms with Gasteiger partial charge in [-0.15, -0.1) is 0 Å². The van der Waals surface area contributed by atoms with Crippen LogP contribution in [0.4, 0.5) is 16.2 Å². The van der Waals surface area contributed by atoms with E-state index in [0.29, 0.717) is 22.2 Å². The molecule has 2 aromatic rings. The fourth-order valence-electron chi connectivity index (χ4n) is 5.04. The summed E-state index contributed by atoms with van der Waals surface area (Å²) in [6.07, 6.45) is 3.71. The molecule has 36 heavy (non-hydrogen) atoms. The third-order valence-electron chi connectivity index (χ3n) is 6.75. The van der Waals surface area contributed by atoms with Crippen molar-refractivity contribution in [2.45, 2.75) is 58.9 Å². The Kier molecular flexibility index (Phi) is 7.53. The monoisotopic (exact) mass is 525 g/mol. The third-order valence-corrected chi connectivity index (χ3v) is 7.98. The molecule has 0 aliphatic carbocycles. The van der Waals surface area contributed by atoms with Gasteiger partial charge in [0, 0.05) is 28.5 Å². The van der Waals surface area contributed by atoms with E-state index in [4.69, 9.17) is 11.6 Å². The molecule has 1 unspecified atom stereocenters. The highest BCUT2D eigenvalue weighted by Gasteiger charge is 2.38. The number of aryl methyl sites for hydroxylation is 1. The Morgan fingerprint density at radius 3 is 2.58 bits per heavy atom. The molecule has 0 radical (unpaired) electrons. The number of rotatable bonds is 6. The van der Waals surface area contributed by atoms with E-state index >= 15 is 0 Å². The number of nitrogens with one attached hydrogen (secondary N) is 1. The van der Waals surface area contributed by atoms with Crippen LogP contribution in [0.25, 0.3) is 6.08 Å². The molecule has 3 amide bonds. The lowest BCUT2D eigenvalue weighted by atomic mass is 9.79. The van der Waals surface area contributed by atoms with Crippen molar-refractivity contribution in [2.75, 3.05) is 23.3 Å². The number of benzene rings is 2. The number of hydrogen-bond donors (Lipinski definition) is 1. The van der Waals surface area contributed by atoms with E-state index in [9.17, 15) is 14.4 Å². The quantitative estimate of drug-likeness (QED) is 0.419. The van der Waals surface area contributed by atoms with Crippen molar-refractivity contribution in [2.24, 2.45) is 0 Å². The summed E-state index contributed by atoms with van der Waals surface area (Å²) in [6.45, 7) is 11.4. The highest BCUT2D eigenvalue weighted by Crippen LogP contribution is 2.46. The fraction of sp³-hybridized carbons (Fsp3) is 0.393. The van der Waals surface area contributed by atoms with Crippen LogP contribution >= 0.6 is 23.4 Å². The van der Waals surface area contributed by atoms with Gasteiger partial charge in [0.15, 0.2) is 0 Å². The average Bonchev–Trinajstić information content (AvgIpc) is 3.06. The number of carbonyl (C=O) groups is 3. The summed E-state index contributed by atoms with van der Waals surface area (Å²) < 4.78 is 0. The van der Waals surface area contributed by atoms with Crippen molar-refractivity contribution in [1.82, 2.24) is 4.90 Å². The van der Waals surface area contributed by atoms with Crippen LogP contribution < -0.4 is 10.2 Å². The molecule has 0 bridgehead atoms. The van der Waals surface area contributed by atoms with Gasteiger partial charge in [-0.05, 0) is 92.8 Å². The largest absolute Gasteiger partial charge is 0.366 e. The van der Waals surface area contributed by atoms with Crippen molar-refractivity contribution in [3.8, 4) is 0 Å². The second kappa shape index (κ2) is 10.3. The molecule has 1 fully saturated rings. The van der Waals surface area contributed by atoms with E-state index in [1.165, 1.54) is 5.56 Å². The van der Waals surface area contributed by atoms with Crippen LogP contribution in [0.15, 0.2) is 41.3 Å². The predicted octanol–water partition coefficient (Wildman–Crippen LogP) is 6.83. The maximum Gasteiger partial charge on any atom is 0.294 e. The van der Waals surface area contributed by atoms with E-state index in [2.05, 4.69) is 37.9 Å². The summed E-state index contributed by atoms with van der Waals surface area (Å²) in [5.41, 5.74) is 4.73. The van der Waals surface area contributed by atoms with Crippen molar-refractivity contribution >= 4 is 57.9 Å². The highest BCUT2D eigenvalue weighted by atomic mass is 35.5. The Hall–Kier alpha value is -2.77. The summed E-state index contributed by atoms with van der Waals surface area (Å²) in [5, 5.41) is 2.79. The predicted molar refractivity (Wildman–Crippen MR) is 149 cm³/mol. The molecule has 1 saturated heterocycles. The number of amides is 3. The zero-order valence-corrected chi connectivity index (χ0v) is 22.9. The molecule has 1 N–H and O–H groups in total. The number of halogens is 1. The molecule has 2 aliphatic heterocycles. The molecular weight excluding hydrogens is 494 g/mol. The molecule has 0 spiro atoms. The van der Waals surface area contributed by atoms with Crippen LogP contribution in [0, 0.1) is 6.92 Å². The van der Waals surface area contributed by atoms with Gasteiger partial charge in [0.05, 0.1) is 4.91 Å². The van der Waals surface area contributed by atoms with Crippen molar-refractivity contribution in [3.05, 3.63) is 63.0 Å². The van der Waals surface area contributed by atoms with E-state index in [0.717, 1.165) is 47.3 Å². The van der Waals surface area contributed by atoms with E-state index < -0.39 is 17.1 Å². The van der Waals surface area contributed by atoms with Crippen LogP contribution in [0.2, 0.25) is 5.02 Å². The first kappa shape index (κ1) is 26.3. The average molecular weight is 526 g/mol. The van der Waals surface area contributed by atoms with E-state index in [1.807, 2.05) is 31.2 Å². The van der Waals surface area contributed by atoms with Crippen LogP contribution in [0.5, 0.6) is 0 Å². The summed E-state index contributed by atoms with van der Waals surface area (Å²) in [4.78, 5) is 41.7. The van der Waals surface area contributed by atoms with Gasteiger partial charge < -0.3 is 10.2 Å². The first-order chi connectivity index (χ1) is 17.0. The number of anilines is 2. The molecule has 2 heterocycles. The van der Waals surface area contributed by atoms with Crippen molar-refractivity contribution < 1.29 is 14.4 Å². The van der Waals surface area contributed by atoms with Crippen molar-refractivity contribution in [3.63, 3.8) is 0 Å². The zero-order chi connectivity index (χ0) is 26.2. The number of thioether (sulfide) groups is 1. The normalized spacial score (nSPS) is 20.2. The first-order valence-corrected chi connectivity index (χ1v) is 13.4. The Labute approximate surface area is 222 Å².